The third-order valence-corrected chi connectivity index (χ3v) is 2.89. The van der Waals surface area contributed by atoms with E-state index in [2.05, 4.69) is 5.32 Å². The lowest BCUT2D eigenvalue weighted by Crippen LogP contribution is -2.07. The highest BCUT2D eigenvalue weighted by molar-refractivity contribution is 5.88. The largest absolute Gasteiger partial charge is 0.508 e. The molecular formula is C15H15NO3. The van der Waals surface area contributed by atoms with Crippen molar-refractivity contribution in [1.29, 1.82) is 0 Å². The Morgan fingerprint density at radius 2 is 1.84 bits per heavy atom. The number of carboxylic acids is 1. The summed E-state index contributed by atoms with van der Waals surface area (Å²) >= 11 is 0. The van der Waals surface area contributed by atoms with Gasteiger partial charge >= 0.3 is 5.97 Å². The Bertz CT molecular complexity index is 578. The van der Waals surface area contributed by atoms with Crippen LogP contribution >= 0.6 is 0 Å². The van der Waals surface area contributed by atoms with Gasteiger partial charge in [-0.25, -0.2) is 4.79 Å². The fourth-order valence-electron chi connectivity index (χ4n) is 1.84. The average molecular weight is 257 g/mol. The first kappa shape index (κ1) is 13.0. The summed E-state index contributed by atoms with van der Waals surface area (Å²) in [5.41, 5.74) is 2.02. The summed E-state index contributed by atoms with van der Waals surface area (Å²) in [5.74, 6) is -0.718. The molecule has 0 fully saturated rings. The van der Waals surface area contributed by atoms with Crippen LogP contribution in [0, 0.1) is 0 Å². The number of aromatic carboxylic acids is 1. The Labute approximate surface area is 111 Å². The maximum atomic E-state index is 10.9. The molecule has 0 radical (unpaired) electrons. The second kappa shape index (κ2) is 5.44. The Hall–Kier alpha value is -2.49. The zero-order valence-electron chi connectivity index (χ0n) is 10.5. The highest BCUT2D eigenvalue weighted by atomic mass is 16.4. The molecule has 0 aromatic heterocycles. The lowest BCUT2D eigenvalue weighted by atomic mass is 10.1. The van der Waals surface area contributed by atoms with Crippen molar-refractivity contribution < 1.29 is 15.0 Å². The van der Waals surface area contributed by atoms with Crippen LogP contribution in [0.5, 0.6) is 5.75 Å². The second-order valence-corrected chi connectivity index (χ2v) is 4.34. The monoisotopic (exact) mass is 257 g/mol. The predicted molar refractivity (Wildman–Crippen MR) is 73.5 cm³/mol. The highest BCUT2D eigenvalue weighted by Gasteiger charge is 2.07. The van der Waals surface area contributed by atoms with Gasteiger partial charge in [0, 0.05) is 11.7 Å². The molecule has 19 heavy (non-hydrogen) atoms. The molecule has 98 valence electrons. The van der Waals surface area contributed by atoms with Crippen LogP contribution in [0.25, 0.3) is 0 Å². The molecule has 0 amide bonds. The van der Waals surface area contributed by atoms with Crippen molar-refractivity contribution in [3.8, 4) is 5.75 Å². The van der Waals surface area contributed by atoms with Crippen LogP contribution in [0.15, 0.2) is 48.5 Å². The molecule has 1 atom stereocenters. The van der Waals surface area contributed by atoms with Crippen molar-refractivity contribution >= 4 is 11.7 Å². The summed E-state index contributed by atoms with van der Waals surface area (Å²) in [6.07, 6.45) is 0. The van der Waals surface area contributed by atoms with Gasteiger partial charge < -0.3 is 15.5 Å². The average Bonchev–Trinajstić information content (AvgIpc) is 2.39. The molecule has 0 bridgehead atoms. The van der Waals surface area contributed by atoms with E-state index in [9.17, 15) is 9.90 Å². The first-order valence-corrected chi connectivity index (χ1v) is 5.95. The Kier molecular flexibility index (Phi) is 3.71. The minimum Gasteiger partial charge on any atom is -0.508 e. The van der Waals surface area contributed by atoms with Gasteiger partial charge in [0.15, 0.2) is 0 Å². The lowest BCUT2D eigenvalue weighted by molar-refractivity contribution is 0.0697. The van der Waals surface area contributed by atoms with Gasteiger partial charge in [0.05, 0.1) is 5.56 Å². The third kappa shape index (κ3) is 3.25. The number of phenols is 1. The third-order valence-electron chi connectivity index (χ3n) is 2.89. The molecule has 0 aliphatic heterocycles. The summed E-state index contributed by atoms with van der Waals surface area (Å²) in [5, 5.41) is 21.4. The van der Waals surface area contributed by atoms with Crippen LogP contribution < -0.4 is 5.32 Å². The zero-order valence-corrected chi connectivity index (χ0v) is 10.5. The van der Waals surface area contributed by atoms with E-state index in [1.807, 2.05) is 25.1 Å². The van der Waals surface area contributed by atoms with E-state index in [1.165, 1.54) is 0 Å². The van der Waals surface area contributed by atoms with Gasteiger partial charge in [-0.3, -0.25) is 0 Å². The first-order valence-electron chi connectivity index (χ1n) is 5.95. The number of carbonyl (C=O) groups is 1. The van der Waals surface area contributed by atoms with Crippen LogP contribution in [0.3, 0.4) is 0 Å². The topological polar surface area (TPSA) is 69.6 Å². The summed E-state index contributed by atoms with van der Waals surface area (Å²) in [6.45, 7) is 1.97. The first-order chi connectivity index (χ1) is 9.06. The van der Waals surface area contributed by atoms with Crippen molar-refractivity contribution in [2.45, 2.75) is 13.0 Å². The fourth-order valence-corrected chi connectivity index (χ4v) is 1.84. The van der Waals surface area contributed by atoms with E-state index in [1.54, 1.807) is 30.3 Å². The molecule has 2 aromatic carbocycles. The Balaban J connectivity index is 2.14. The molecule has 2 rings (SSSR count). The Morgan fingerprint density at radius 1 is 1.16 bits per heavy atom. The molecule has 3 N–H and O–H groups in total. The van der Waals surface area contributed by atoms with Crippen molar-refractivity contribution in [2.75, 3.05) is 5.32 Å². The van der Waals surface area contributed by atoms with E-state index in [-0.39, 0.29) is 17.4 Å². The standard InChI is InChI=1S/C15H15NO3/c1-10(11-5-7-14(17)8-6-11)16-13-4-2-3-12(9-13)15(18)19/h2-10,16-17H,1H3,(H,18,19). The summed E-state index contributed by atoms with van der Waals surface area (Å²) in [4.78, 5) is 10.9. The Morgan fingerprint density at radius 3 is 2.47 bits per heavy atom. The van der Waals surface area contributed by atoms with E-state index in [4.69, 9.17) is 5.11 Å². The van der Waals surface area contributed by atoms with Gasteiger partial charge in [0.2, 0.25) is 0 Å². The minimum absolute atomic E-state index is 0.0182. The van der Waals surface area contributed by atoms with Gasteiger partial charge in [0.1, 0.15) is 5.75 Å². The quantitative estimate of drug-likeness (QED) is 0.786. The molecule has 0 spiro atoms. The summed E-state index contributed by atoms with van der Waals surface area (Å²) in [6, 6.07) is 13.6. The van der Waals surface area contributed by atoms with Crippen molar-refractivity contribution in [3.63, 3.8) is 0 Å². The maximum absolute atomic E-state index is 10.9. The van der Waals surface area contributed by atoms with Gasteiger partial charge in [0.25, 0.3) is 0 Å². The maximum Gasteiger partial charge on any atom is 0.335 e. The number of benzene rings is 2. The molecule has 0 saturated heterocycles. The molecular weight excluding hydrogens is 242 g/mol. The number of rotatable bonds is 4. The normalized spacial score (nSPS) is 11.8. The number of hydrogen-bond donors (Lipinski definition) is 3. The highest BCUT2D eigenvalue weighted by Crippen LogP contribution is 2.21. The van der Waals surface area contributed by atoms with E-state index in [0.717, 1.165) is 11.3 Å². The number of nitrogens with one attached hydrogen (secondary N) is 1. The van der Waals surface area contributed by atoms with Crippen LogP contribution in [0.2, 0.25) is 0 Å². The summed E-state index contributed by atoms with van der Waals surface area (Å²) in [7, 11) is 0. The lowest BCUT2D eigenvalue weighted by Gasteiger charge is -2.16. The molecule has 4 heteroatoms. The number of anilines is 1. The summed E-state index contributed by atoms with van der Waals surface area (Å²) < 4.78 is 0. The van der Waals surface area contributed by atoms with Crippen LogP contribution in [0.4, 0.5) is 5.69 Å². The molecule has 2 aromatic rings. The van der Waals surface area contributed by atoms with Crippen LogP contribution in [-0.4, -0.2) is 16.2 Å². The molecule has 0 heterocycles. The van der Waals surface area contributed by atoms with Crippen LogP contribution in [0.1, 0.15) is 28.9 Å². The van der Waals surface area contributed by atoms with Gasteiger partial charge in [-0.1, -0.05) is 18.2 Å². The zero-order chi connectivity index (χ0) is 13.8. The molecule has 0 saturated carbocycles. The minimum atomic E-state index is -0.944. The van der Waals surface area contributed by atoms with Crippen molar-refractivity contribution in [2.24, 2.45) is 0 Å². The van der Waals surface area contributed by atoms with Crippen molar-refractivity contribution in [1.82, 2.24) is 0 Å². The molecule has 0 aliphatic carbocycles. The van der Waals surface area contributed by atoms with Gasteiger partial charge in [-0.2, -0.15) is 0 Å². The second-order valence-electron chi connectivity index (χ2n) is 4.34. The number of phenolic OH excluding ortho intramolecular Hbond substituents is 1. The van der Waals surface area contributed by atoms with E-state index >= 15 is 0 Å². The number of hydrogen-bond acceptors (Lipinski definition) is 3. The SMILES string of the molecule is CC(Nc1cccc(C(=O)O)c1)c1ccc(O)cc1. The predicted octanol–water partition coefficient (Wildman–Crippen LogP) is 3.26. The molecule has 1 unspecified atom stereocenters. The van der Waals surface area contributed by atoms with Crippen LogP contribution in [-0.2, 0) is 0 Å². The number of carboxylic acid groups (broad SMARTS) is 1. The van der Waals surface area contributed by atoms with E-state index in [0.29, 0.717) is 0 Å². The smallest absolute Gasteiger partial charge is 0.335 e. The van der Waals surface area contributed by atoms with Crippen molar-refractivity contribution in [3.05, 3.63) is 59.7 Å². The number of aromatic hydroxyl groups is 1. The molecule has 4 nitrogen and oxygen atoms in total. The molecule has 0 aliphatic rings. The van der Waals surface area contributed by atoms with Gasteiger partial charge in [-0.05, 0) is 42.8 Å². The van der Waals surface area contributed by atoms with E-state index < -0.39 is 5.97 Å². The van der Waals surface area contributed by atoms with Gasteiger partial charge in [-0.15, -0.1) is 0 Å². The fraction of sp³-hybridized carbons (Fsp3) is 0.133.